The van der Waals surface area contributed by atoms with Crippen LogP contribution in [0.4, 0.5) is 11.8 Å². The molecule has 0 bridgehead atoms. The molecule has 0 spiro atoms. The van der Waals surface area contributed by atoms with Crippen LogP contribution in [0, 0.1) is 0 Å². The van der Waals surface area contributed by atoms with Crippen molar-refractivity contribution in [1.82, 2.24) is 9.97 Å². The van der Waals surface area contributed by atoms with E-state index in [1.54, 1.807) is 0 Å². The summed E-state index contributed by atoms with van der Waals surface area (Å²) in [5.41, 5.74) is 1.85. The molecular weight excluding hydrogens is 348 g/mol. The Labute approximate surface area is 155 Å². The number of rotatable bonds is 7. The molecule has 7 heteroatoms. The zero-order valence-electron chi connectivity index (χ0n) is 15.4. The largest absolute Gasteiger partial charge is 0.359 e. The Morgan fingerprint density at radius 3 is 2.65 bits per heavy atom. The molecule has 1 aromatic carbocycles. The number of hydrogen-bond donors (Lipinski definition) is 1. The predicted octanol–water partition coefficient (Wildman–Crippen LogP) is 2.98. The molecule has 0 amide bonds. The molecule has 0 saturated carbocycles. The minimum atomic E-state index is -2.94. The summed E-state index contributed by atoms with van der Waals surface area (Å²) in [6.07, 6.45) is 2.80. The van der Waals surface area contributed by atoms with Crippen molar-refractivity contribution in [2.24, 2.45) is 0 Å². The van der Waals surface area contributed by atoms with E-state index in [0.717, 1.165) is 36.5 Å². The summed E-state index contributed by atoms with van der Waals surface area (Å²) in [6, 6.07) is 11.8. The fourth-order valence-corrected chi connectivity index (χ4v) is 4.73. The van der Waals surface area contributed by atoms with E-state index in [4.69, 9.17) is 0 Å². The Bertz CT molecular complexity index is 840. The normalized spacial score (nSPS) is 18.6. The third-order valence-corrected chi connectivity index (χ3v) is 6.35. The van der Waals surface area contributed by atoms with Crippen LogP contribution in [0.5, 0.6) is 0 Å². The molecular formula is C19H26N4O2S. The second-order valence-electron chi connectivity index (χ2n) is 6.82. The van der Waals surface area contributed by atoms with E-state index < -0.39 is 9.84 Å². The molecule has 140 valence electrons. The first-order valence-corrected chi connectivity index (χ1v) is 10.9. The number of aromatic nitrogens is 2. The summed E-state index contributed by atoms with van der Waals surface area (Å²) < 4.78 is 23.4. The van der Waals surface area contributed by atoms with Crippen molar-refractivity contribution in [3.05, 3.63) is 36.4 Å². The summed E-state index contributed by atoms with van der Waals surface area (Å²) in [5.74, 6) is 1.71. The lowest BCUT2D eigenvalue weighted by atomic mass is 10.1. The predicted molar refractivity (Wildman–Crippen MR) is 106 cm³/mol. The van der Waals surface area contributed by atoms with Crippen LogP contribution < -0.4 is 10.2 Å². The van der Waals surface area contributed by atoms with E-state index >= 15 is 0 Å². The second kappa shape index (κ2) is 8.03. The minimum absolute atomic E-state index is 0.125. The lowest BCUT2D eigenvalue weighted by Crippen LogP contribution is -2.24. The van der Waals surface area contributed by atoms with Gasteiger partial charge in [-0.25, -0.2) is 13.4 Å². The first-order valence-electron chi connectivity index (χ1n) is 9.09. The van der Waals surface area contributed by atoms with Gasteiger partial charge in [-0.2, -0.15) is 4.98 Å². The molecule has 1 atom stereocenters. The summed E-state index contributed by atoms with van der Waals surface area (Å²) in [5, 5.41) is 3.23. The molecule has 3 rings (SSSR count). The maximum Gasteiger partial charge on any atom is 0.225 e. The highest BCUT2D eigenvalue weighted by Crippen LogP contribution is 2.24. The number of benzene rings is 1. The maximum atomic E-state index is 11.7. The number of unbranched alkanes of at least 4 members (excludes halogenated alkanes) is 1. The van der Waals surface area contributed by atoms with Crippen LogP contribution in [-0.4, -0.2) is 49.5 Å². The molecule has 0 aliphatic carbocycles. The highest BCUT2D eigenvalue weighted by atomic mass is 32.2. The molecule has 0 radical (unpaired) electrons. The molecule has 26 heavy (non-hydrogen) atoms. The van der Waals surface area contributed by atoms with Crippen LogP contribution >= 0.6 is 0 Å². The topological polar surface area (TPSA) is 75.2 Å². The molecule has 2 heterocycles. The fraction of sp³-hybridized carbons (Fsp3) is 0.474. The van der Waals surface area contributed by atoms with Crippen LogP contribution in [0.3, 0.4) is 0 Å². The van der Waals surface area contributed by atoms with Crippen LogP contribution in [0.25, 0.3) is 11.3 Å². The number of sulfone groups is 1. The van der Waals surface area contributed by atoms with Crippen molar-refractivity contribution in [2.75, 3.05) is 35.3 Å². The van der Waals surface area contributed by atoms with Gasteiger partial charge in [-0.3, -0.25) is 0 Å². The van der Waals surface area contributed by atoms with Gasteiger partial charge in [-0.1, -0.05) is 43.7 Å². The van der Waals surface area contributed by atoms with Crippen molar-refractivity contribution >= 4 is 21.6 Å². The molecule has 1 aromatic heterocycles. The van der Waals surface area contributed by atoms with Crippen LogP contribution in [0.1, 0.15) is 26.2 Å². The highest BCUT2D eigenvalue weighted by Gasteiger charge is 2.28. The molecule has 1 N–H and O–H groups in total. The van der Waals surface area contributed by atoms with Gasteiger partial charge in [0.05, 0.1) is 17.2 Å². The molecule has 2 aromatic rings. The zero-order valence-corrected chi connectivity index (χ0v) is 16.2. The van der Waals surface area contributed by atoms with E-state index in [-0.39, 0.29) is 17.5 Å². The standard InChI is InChI=1S/C19H26N4O2S/c1-3-4-11-23(2)18-13-17(15-8-6-5-7-9-15)21-19(22-18)20-16-10-12-26(24,25)14-16/h5-9,13,16H,3-4,10-12,14H2,1-2H3,(H,20,21,22). The SMILES string of the molecule is CCCCN(C)c1cc(-c2ccccc2)nc(NC2CCS(=O)(=O)C2)n1. The first kappa shape index (κ1) is 18.6. The van der Waals surface area contributed by atoms with E-state index in [0.29, 0.717) is 12.4 Å². The van der Waals surface area contributed by atoms with Crippen molar-refractivity contribution in [2.45, 2.75) is 32.2 Å². The number of nitrogens with zero attached hydrogens (tertiary/aromatic N) is 3. The lowest BCUT2D eigenvalue weighted by Gasteiger charge is -2.20. The van der Waals surface area contributed by atoms with E-state index in [2.05, 4.69) is 27.1 Å². The van der Waals surface area contributed by atoms with Crippen molar-refractivity contribution in [3.8, 4) is 11.3 Å². The lowest BCUT2D eigenvalue weighted by molar-refractivity contribution is 0.602. The van der Waals surface area contributed by atoms with Crippen molar-refractivity contribution < 1.29 is 8.42 Å². The van der Waals surface area contributed by atoms with Crippen LogP contribution in [0.2, 0.25) is 0 Å². The van der Waals surface area contributed by atoms with Gasteiger partial charge in [0, 0.05) is 31.3 Å². The zero-order chi connectivity index (χ0) is 18.6. The number of anilines is 2. The third kappa shape index (κ3) is 4.72. The Morgan fingerprint density at radius 1 is 1.23 bits per heavy atom. The van der Waals surface area contributed by atoms with E-state index in [1.807, 2.05) is 43.4 Å². The second-order valence-corrected chi connectivity index (χ2v) is 9.05. The average molecular weight is 375 g/mol. The van der Waals surface area contributed by atoms with Crippen LogP contribution in [-0.2, 0) is 9.84 Å². The number of hydrogen-bond acceptors (Lipinski definition) is 6. The van der Waals surface area contributed by atoms with Gasteiger partial charge in [0.25, 0.3) is 0 Å². The highest BCUT2D eigenvalue weighted by molar-refractivity contribution is 7.91. The molecule has 1 saturated heterocycles. The smallest absolute Gasteiger partial charge is 0.225 e. The van der Waals surface area contributed by atoms with Gasteiger partial charge in [0.1, 0.15) is 5.82 Å². The molecule has 6 nitrogen and oxygen atoms in total. The van der Waals surface area contributed by atoms with Gasteiger partial charge < -0.3 is 10.2 Å². The minimum Gasteiger partial charge on any atom is -0.359 e. The third-order valence-electron chi connectivity index (χ3n) is 4.59. The van der Waals surface area contributed by atoms with Crippen molar-refractivity contribution in [1.29, 1.82) is 0 Å². The molecule has 1 aliphatic heterocycles. The average Bonchev–Trinajstić information content (AvgIpc) is 2.98. The molecule has 1 fully saturated rings. The van der Waals surface area contributed by atoms with Gasteiger partial charge >= 0.3 is 0 Å². The Kier molecular flexibility index (Phi) is 5.76. The monoisotopic (exact) mass is 374 g/mol. The Hall–Kier alpha value is -2.15. The summed E-state index contributed by atoms with van der Waals surface area (Å²) >= 11 is 0. The Balaban J connectivity index is 1.89. The van der Waals surface area contributed by atoms with Gasteiger partial charge in [-0.15, -0.1) is 0 Å². The van der Waals surface area contributed by atoms with Gasteiger partial charge in [0.15, 0.2) is 9.84 Å². The quantitative estimate of drug-likeness (QED) is 0.803. The van der Waals surface area contributed by atoms with E-state index in [9.17, 15) is 8.42 Å². The van der Waals surface area contributed by atoms with E-state index in [1.165, 1.54) is 0 Å². The number of nitrogens with one attached hydrogen (secondary N) is 1. The summed E-state index contributed by atoms with van der Waals surface area (Å²) in [7, 11) is -0.920. The van der Waals surface area contributed by atoms with Crippen molar-refractivity contribution in [3.63, 3.8) is 0 Å². The molecule has 1 aliphatic rings. The first-order chi connectivity index (χ1) is 12.5. The fourth-order valence-electron chi connectivity index (χ4n) is 3.05. The van der Waals surface area contributed by atoms with Crippen LogP contribution in [0.15, 0.2) is 36.4 Å². The summed E-state index contributed by atoms with van der Waals surface area (Å²) in [6.45, 7) is 3.08. The van der Waals surface area contributed by atoms with Gasteiger partial charge in [-0.05, 0) is 12.8 Å². The maximum absolute atomic E-state index is 11.7. The Morgan fingerprint density at radius 2 is 2.00 bits per heavy atom. The summed E-state index contributed by atoms with van der Waals surface area (Å²) in [4.78, 5) is 11.4. The molecule has 1 unspecified atom stereocenters. The van der Waals surface area contributed by atoms with Gasteiger partial charge in [0.2, 0.25) is 5.95 Å².